The first-order valence-electron chi connectivity index (χ1n) is 9.50. The molecule has 136 valence electrons. The van der Waals surface area contributed by atoms with Crippen LogP contribution in [0.15, 0.2) is 97.1 Å². The maximum absolute atomic E-state index is 13.3. The molecule has 0 N–H and O–H groups in total. The highest BCUT2D eigenvalue weighted by Crippen LogP contribution is 2.31. The lowest BCUT2D eigenvalue weighted by molar-refractivity contribution is 0.103. The summed E-state index contributed by atoms with van der Waals surface area (Å²) in [6.45, 7) is 4.15. The summed E-state index contributed by atoms with van der Waals surface area (Å²) in [5.74, 6) is 0.0464. The van der Waals surface area contributed by atoms with Crippen molar-refractivity contribution in [1.29, 1.82) is 0 Å². The summed E-state index contributed by atoms with van der Waals surface area (Å²) in [6, 6.07) is 32.4. The molecule has 4 aromatic carbocycles. The van der Waals surface area contributed by atoms with E-state index >= 15 is 0 Å². The zero-order chi connectivity index (χ0) is 19.5. The Bertz CT molecular complexity index is 1110. The maximum Gasteiger partial charge on any atom is 0.193 e. The number of ketones is 1. The van der Waals surface area contributed by atoms with E-state index < -0.39 is 0 Å². The van der Waals surface area contributed by atoms with Gasteiger partial charge in [0.05, 0.1) is 0 Å². The van der Waals surface area contributed by atoms with Gasteiger partial charge in [0.2, 0.25) is 0 Å². The molecular formula is C27H22O. The van der Waals surface area contributed by atoms with Crippen LogP contribution in [0.5, 0.6) is 0 Å². The van der Waals surface area contributed by atoms with Gasteiger partial charge in [0, 0.05) is 11.1 Å². The number of hydrogen-bond donors (Lipinski definition) is 0. The first kappa shape index (κ1) is 17.9. The van der Waals surface area contributed by atoms with Gasteiger partial charge in [-0.2, -0.15) is 0 Å². The van der Waals surface area contributed by atoms with E-state index in [1.807, 2.05) is 36.4 Å². The summed E-state index contributed by atoms with van der Waals surface area (Å²) < 4.78 is 0. The predicted molar refractivity (Wildman–Crippen MR) is 117 cm³/mol. The highest BCUT2D eigenvalue weighted by molar-refractivity contribution is 6.13. The molecule has 0 atom stereocenters. The van der Waals surface area contributed by atoms with E-state index in [4.69, 9.17) is 0 Å². The van der Waals surface area contributed by atoms with Gasteiger partial charge < -0.3 is 0 Å². The van der Waals surface area contributed by atoms with Crippen LogP contribution >= 0.6 is 0 Å². The standard InChI is InChI=1S/C27H22O/c1-19-8-12-21(13-9-19)24-16-17-25(22-14-10-20(2)11-15-22)26(18-24)27(28)23-6-4-3-5-7-23/h3-18H,1-2H3. The SMILES string of the molecule is Cc1ccc(-c2ccc(-c3ccc(C)cc3)c(C(=O)c3ccccc3)c2)cc1. The predicted octanol–water partition coefficient (Wildman–Crippen LogP) is 6.87. The van der Waals surface area contributed by atoms with Crippen LogP contribution in [0.1, 0.15) is 27.0 Å². The van der Waals surface area contributed by atoms with Crippen molar-refractivity contribution in [2.75, 3.05) is 0 Å². The first-order chi connectivity index (χ1) is 13.6. The molecule has 28 heavy (non-hydrogen) atoms. The van der Waals surface area contributed by atoms with E-state index in [-0.39, 0.29) is 5.78 Å². The molecular weight excluding hydrogens is 340 g/mol. The molecule has 1 nitrogen and oxygen atoms in total. The molecule has 0 aromatic heterocycles. The molecule has 0 spiro atoms. The molecule has 4 aromatic rings. The lowest BCUT2D eigenvalue weighted by Crippen LogP contribution is -2.04. The number of aryl methyl sites for hydroxylation is 2. The Kier molecular flexibility index (Phi) is 4.90. The largest absolute Gasteiger partial charge is 0.289 e. The topological polar surface area (TPSA) is 17.1 Å². The third kappa shape index (κ3) is 3.65. The van der Waals surface area contributed by atoms with Gasteiger partial charge in [0.1, 0.15) is 0 Å². The number of benzene rings is 4. The van der Waals surface area contributed by atoms with Crippen molar-refractivity contribution in [2.45, 2.75) is 13.8 Å². The lowest BCUT2D eigenvalue weighted by atomic mass is 9.90. The Morgan fingerprint density at radius 3 is 1.71 bits per heavy atom. The molecule has 0 saturated carbocycles. The van der Waals surface area contributed by atoms with E-state index in [2.05, 4.69) is 74.5 Å². The smallest absolute Gasteiger partial charge is 0.193 e. The van der Waals surface area contributed by atoms with Crippen molar-refractivity contribution in [3.8, 4) is 22.3 Å². The van der Waals surface area contributed by atoms with Gasteiger partial charge >= 0.3 is 0 Å². The fourth-order valence-corrected chi connectivity index (χ4v) is 3.39. The van der Waals surface area contributed by atoms with Crippen molar-refractivity contribution in [1.82, 2.24) is 0 Å². The van der Waals surface area contributed by atoms with E-state index in [1.54, 1.807) is 0 Å². The van der Waals surface area contributed by atoms with Crippen LogP contribution in [0, 0.1) is 13.8 Å². The van der Waals surface area contributed by atoms with Gasteiger partial charge in [-0.15, -0.1) is 0 Å². The summed E-state index contributed by atoms with van der Waals surface area (Å²) >= 11 is 0. The second-order valence-electron chi connectivity index (χ2n) is 7.19. The molecule has 4 rings (SSSR count). The average Bonchev–Trinajstić information content (AvgIpc) is 2.75. The molecule has 0 saturated heterocycles. The average molecular weight is 362 g/mol. The Labute approximate surface area is 166 Å². The third-order valence-electron chi connectivity index (χ3n) is 5.05. The molecule has 1 heteroatoms. The summed E-state index contributed by atoms with van der Waals surface area (Å²) in [5, 5.41) is 0. The minimum Gasteiger partial charge on any atom is -0.289 e. The van der Waals surface area contributed by atoms with Gasteiger partial charge in [-0.05, 0) is 42.2 Å². The fraction of sp³-hybridized carbons (Fsp3) is 0.0741. The maximum atomic E-state index is 13.3. The van der Waals surface area contributed by atoms with E-state index in [0.717, 1.165) is 27.8 Å². The number of carbonyl (C=O) groups is 1. The second-order valence-corrected chi connectivity index (χ2v) is 7.19. The molecule has 0 aliphatic rings. The summed E-state index contributed by atoms with van der Waals surface area (Å²) in [4.78, 5) is 13.3. The van der Waals surface area contributed by atoms with Crippen molar-refractivity contribution >= 4 is 5.78 Å². The van der Waals surface area contributed by atoms with Crippen molar-refractivity contribution in [3.63, 3.8) is 0 Å². The molecule has 0 radical (unpaired) electrons. The van der Waals surface area contributed by atoms with Crippen LogP contribution in [-0.2, 0) is 0 Å². The zero-order valence-corrected chi connectivity index (χ0v) is 16.1. The van der Waals surface area contributed by atoms with Crippen LogP contribution in [0.25, 0.3) is 22.3 Å². The van der Waals surface area contributed by atoms with Crippen LogP contribution in [0.2, 0.25) is 0 Å². The van der Waals surface area contributed by atoms with Crippen LogP contribution in [0.4, 0.5) is 0 Å². The van der Waals surface area contributed by atoms with Crippen molar-refractivity contribution in [2.24, 2.45) is 0 Å². The van der Waals surface area contributed by atoms with Gasteiger partial charge in [-0.25, -0.2) is 0 Å². The summed E-state index contributed by atoms with van der Waals surface area (Å²) in [5.41, 5.74) is 8.05. The summed E-state index contributed by atoms with van der Waals surface area (Å²) in [6.07, 6.45) is 0. The third-order valence-corrected chi connectivity index (χ3v) is 5.05. The molecule has 0 bridgehead atoms. The minimum absolute atomic E-state index is 0.0464. The highest BCUT2D eigenvalue weighted by atomic mass is 16.1. The summed E-state index contributed by atoms with van der Waals surface area (Å²) in [7, 11) is 0. The fourth-order valence-electron chi connectivity index (χ4n) is 3.39. The lowest BCUT2D eigenvalue weighted by Gasteiger charge is -2.13. The molecule has 0 heterocycles. The first-order valence-corrected chi connectivity index (χ1v) is 9.50. The molecule has 0 aliphatic carbocycles. The Morgan fingerprint density at radius 2 is 1.11 bits per heavy atom. The van der Waals surface area contributed by atoms with Crippen LogP contribution < -0.4 is 0 Å². The number of carbonyl (C=O) groups excluding carboxylic acids is 1. The monoisotopic (exact) mass is 362 g/mol. The Balaban J connectivity index is 1.87. The quantitative estimate of drug-likeness (QED) is 0.362. The second kappa shape index (κ2) is 7.66. The normalized spacial score (nSPS) is 10.6. The molecule has 0 amide bonds. The molecule has 0 fully saturated rings. The van der Waals surface area contributed by atoms with Crippen molar-refractivity contribution < 1.29 is 4.79 Å². The van der Waals surface area contributed by atoms with E-state index in [9.17, 15) is 4.79 Å². The number of rotatable bonds is 4. The van der Waals surface area contributed by atoms with E-state index in [1.165, 1.54) is 11.1 Å². The van der Waals surface area contributed by atoms with Crippen LogP contribution in [-0.4, -0.2) is 5.78 Å². The van der Waals surface area contributed by atoms with Gasteiger partial charge in [-0.1, -0.05) is 102 Å². The highest BCUT2D eigenvalue weighted by Gasteiger charge is 2.16. The van der Waals surface area contributed by atoms with Crippen molar-refractivity contribution in [3.05, 3.63) is 119 Å². The Hall–Kier alpha value is -3.45. The number of hydrogen-bond acceptors (Lipinski definition) is 1. The van der Waals surface area contributed by atoms with Gasteiger partial charge in [-0.3, -0.25) is 4.79 Å². The van der Waals surface area contributed by atoms with E-state index in [0.29, 0.717) is 5.56 Å². The van der Waals surface area contributed by atoms with Gasteiger partial charge in [0.25, 0.3) is 0 Å². The minimum atomic E-state index is 0.0464. The zero-order valence-electron chi connectivity index (χ0n) is 16.1. The molecule has 0 aliphatic heterocycles. The Morgan fingerprint density at radius 1 is 0.571 bits per heavy atom. The van der Waals surface area contributed by atoms with Gasteiger partial charge in [0.15, 0.2) is 5.78 Å². The van der Waals surface area contributed by atoms with Crippen LogP contribution in [0.3, 0.4) is 0 Å². The molecule has 0 unspecified atom stereocenters.